The number of carbonyl (C=O) groups excluding carboxylic acids is 1. The summed E-state index contributed by atoms with van der Waals surface area (Å²) >= 11 is 10.2. The van der Waals surface area contributed by atoms with Gasteiger partial charge in [0.15, 0.2) is 12.7 Å². The summed E-state index contributed by atoms with van der Waals surface area (Å²) in [5.74, 6) is -0.266. The van der Waals surface area contributed by atoms with Crippen molar-refractivity contribution in [3.63, 3.8) is 0 Å². The van der Waals surface area contributed by atoms with Gasteiger partial charge in [0.1, 0.15) is 6.04 Å². The lowest BCUT2D eigenvalue weighted by Gasteiger charge is -2.41. The zero-order valence-electron chi connectivity index (χ0n) is 15.9. The highest BCUT2D eigenvalue weighted by Crippen LogP contribution is 2.36. The van der Waals surface area contributed by atoms with Crippen LogP contribution in [0.15, 0.2) is 77.3 Å². The Morgan fingerprint density at radius 1 is 1.07 bits per heavy atom. The molecule has 0 saturated carbocycles. The van der Waals surface area contributed by atoms with Gasteiger partial charge in [0, 0.05) is 26.9 Å². The third-order valence-electron chi connectivity index (χ3n) is 5.29. The maximum absolute atomic E-state index is 12.4. The number of halogens is 2. The summed E-state index contributed by atoms with van der Waals surface area (Å²) in [6, 6.07) is 24.1. The number of fused-ring (bicyclic) bond motifs is 1. The van der Waals surface area contributed by atoms with Crippen LogP contribution >= 0.6 is 27.5 Å². The van der Waals surface area contributed by atoms with E-state index in [1.807, 2.05) is 48.5 Å². The van der Waals surface area contributed by atoms with Crippen LogP contribution < -0.4 is 10.2 Å². The Morgan fingerprint density at radius 3 is 2.52 bits per heavy atom. The molecule has 1 aliphatic rings. The van der Waals surface area contributed by atoms with Gasteiger partial charge in [-0.05, 0) is 30.3 Å². The van der Waals surface area contributed by atoms with Crippen LogP contribution in [0.25, 0.3) is 0 Å². The molecule has 4 rings (SSSR count). The summed E-state index contributed by atoms with van der Waals surface area (Å²) < 4.78 is 6.03. The molecular formula is C23H21BrClN2O2+. The van der Waals surface area contributed by atoms with Crippen LogP contribution in [0.2, 0.25) is 5.02 Å². The molecule has 4 nitrogen and oxygen atoms in total. The Bertz CT molecular complexity index is 1030. The number of esters is 1. The Kier molecular flexibility index (Phi) is 5.90. The molecule has 148 valence electrons. The van der Waals surface area contributed by atoms with E-state index in [0.717, 1.165) is 31.8 Å². The fraction of sp³-hybridized carbons (Fsp3) is 0.174. The molecule has 6 heteroatoms. The molecule has 0 saturated heterocycles. The van der Waals surface area contributed by atoms with Crippen molar-refractivity contribution in [2.75, 3.05) is 19.0 Å². The maximum atomic E-state index is 12.4. The van der Waals surface area contributed by atoms with Crippen molar-refractivity contribution in [1.29, 1.82) is 0 Å². The second-order valence-corrected chi connectivity index (χ2v) is 8.32. The molecule has 1 heterocycles. The first-order valence-electron chi connectivity index (χ1n) is 9.36. The van der Waals surface area contributed by atoms with E-state index in [2.05, 4.69) is 45.5 Å². The van der Waals surface area contributed by atoms with Crippen molar-refractivity contribution in [3.05, 3.63) is 99.0 Å². The monoisotopic (exact) mass is 471 g/mol. The molecule has 0 spiro atoms. The van der Waals surface area contributed by atoms with Crippen molar-refractivity contribution < 1.29 is 14.4 Å². The van der Waals surface area contributed by atoms with Gasteiger partial charge >= 0.3 is 5.97 Å². The van der Waals surface area contributed by atoms with E-state index in [-0.39, 0.29) is 24.7 Å². The largest absolute Gasteiger partial charge is 0.465 e. The van der Waals surface area contributed by atoms with E-state index in [9.17, 15) is 4.79 Å². The lowest BCUT2D eigenvalue weighted by molar-refractivity contribution is -0.947. The Labute approximate surface area is 183 Å². The second kappa shape index (κ2) is 8.57. The minimum atomic E-state index is -0.266. The predicted octanol–water partition coefficient (Wildman–Crippen LogP) is 4.37. The van der Waals surface area contributed by atoms with E-state index in [0.29, 0.717) is 5.02 Å². The molecule has 3 atom stereocenters. The van der Waals surface area contributed by atoms with E-state index in [4.69, 9.17) is 16.3 Å². The first-order chi connectivity index (χ1) is 14.1. The molecule has 29 heavy (non-hydrogen) atoms. The summed E-state index contributed by atoms with van der Waals surface area (Å²) in [6.07, 6.45) is -0.207. The Morgan fingerprint density at radius 2 is 1.79 bits per heavy atom. The molecule has 0 radical (unpaired) electrons. The summed E-state index contributed by atoms with van der Waals surface area (Å²) in [5.41, 5.74) is 4.22. The topological polar surface area (TPSA) is 42.8 Å². The molecule has 1 aliphatic heterocycles. The van der Waals surface area contributed by atoms with Crippen molar-refractivity contribution >= 4 is 39.2 Å². The van der Waals surface area contributed by atoms with Gasteiger partial charge in [-0.1, -0.05) is 70.0 Å². The maximum Gasteiger partial charge on any atom is 0.361 e. The molecule has 0 aromatic heterocycles. The van der Waals surface area contributed by atoms with Crippen LogP contribution in [0.4, 0.5) is 5.69 Å². The quantitative estimate of drug-likeness (QED) is 0.554. The van der Waals surface area contributed by atoms with Crippen LogP contribution in [0, 0.1) is 0 Å². The first-order valence-corrected chi connectivity index (χ1v) is 10.5. The number of benzene rings is 3. The van der Waals surface area contributed by atoms with Crippen LogP contribution in [0.1, 0.15) is 28.9 Å². The number of nitrogens with one attached hydrogen (secondary N) is 2. The average Bonchev–Trinajstić information content (AvgIpc) is 2.74. The number of anilines is 1. The fourth-order valence-electron chi connectivity index (χ4n) is 3.99. The van der Waals surface area contributed by atoms with Crippen molar-refractivity contribution in [2.24, 2.45) is 0 Å². The zero-order valence-corrected chi connectivity index (χ0v) is 18.2. The van der Waals surface area contributed by atoms with Gasteiger partial charge in [-0.25, -0.2) is 4.79 Å². The van der Waals surface area contributed by atoms with Crippen molar-refractivity contribution in [3.8, 4) is 0 Å². The van der Waals surface area contributed by atoms with Crippen LogP contribution in [-0.2, 0) is 9.53 Å². The highest BCUT2D eigenvalue weighted by Gasteiger charge is 2.41. The number of quaternary nitrogens is 1. The number of rotatable bonds is 4. The molecule has 3 aromatic carbocycles. The summed E-state index contributed by atoms with van der Waals surface area (Å²) in [6.45, 7) is 0.199. The van der Waals surface area contributed by atoms with E-state index in [1.165, 1.54) is 7.11 Å². The number of carbonyl (C=O) groups is 1. The summed E-state index contributed by atoms with van der Waals surface area (Å²) in [7, 11) is 1.42. The predicted molar refractivity (Wildman–Crippen MR) is 118 cm³/mol. The van der Waals surface area contributed by atoms with Gasteiger partial charge in [-0.15, -0.1) is 0 Å². The minimum absolute atomic E-state index is 0.0645. The van der Waals surface area contributed by atoms with Gasteiger partial charge < -0.3 is 10.1 Å². The number of methoxy groups -OCH3 is 1. The Balaban J connectivity index is 1.91. The molecular weight excluding hydrogens is 452 g/mol. The molecule has 0 bridgehead atoms. The smallest absolute Gasteiger partial charge is 0.361 e. The van der Waals surface area contributed by atoms with Gasteiger partial charge in [0.05, 0.1) is 12.1 Å². The van der Waals surface area contributed by atoms with Crippen molar-refractivity contribution in [2.45, 2.75) is 12.2 Å². The lowest BCUT2D eigenvalue weighted by Crippen LogP contribution is -3.15. The third kappa shape index (κ3) is 4.04. The summed E-state index contributed by atoms with van der Waals surface area (Å²) in [4.78, 5) is 13.4. The molecule has 2 N–H and O–H groups in total. The number of hydrogen-bond acceptors (Lipinski definition) is 3. The zero-order chi connectivity index (χ0) is 20.4. The lowest BCUT2D eigenvalue weighted by atomic mass is 9.91. The van der Waals surface area contributed by atoms with Crippen LogP contribution in [-0.4, -0.2) is 19.6 Å². The molecule has 1 unspecified atom stereocenters. The minimum Gasteiger partial charge on any atom is -0.465 e. The number of ether oxygens (including phenoxy) is 1. The number of hydrogen-bond donors (Lipinski definition) is 2. The average molecular weight is 473 g/mol. The van der Waals surface area contributed by atoms with Gasteiger partial charge in [-0.2, -0.15) is 0 Å². The van der Waals surface area contributed by atoms with Crippen LogP contribution in [0.3, 0.4) is 0 Å². The second-order valence-electron chi connectivity index (χ2n) is 7.00. The van der Waals surface area contributed by atoms with E-state index < -0.39 is 0 Å². The van der Waals surface area contributed by atoms with Crippen molar-refractivity contribution in [1.82, 2.24) is 0 Å². The molecule has 3 aromatic rings. The van der Waals surface area contributed by atoms with Crippen LogP contribution in [0.5, 0.6) is 0 Å². The first kappa shape index (κ1) is 20.0. The normalized spacial score (nSPS) is 20.4. The van der Waals surface area contributed by atoms with Gasteiger partial charge in [0.2, 0.25) is 0 Å². The van der Waals surface area contributed by atoms with E-state index in [1.54, 1.807) is 0 Å². The van der Waals surface area contributed by atoms with E-state index >= 15 is 0 Å². The van der Waals surface area contributed by atoms with Gasteiger partial charge in [0.25, 0.3) is 0 Å². The summed E-state index contributed by atoms with van der Waals surface area (Å²) in [5, 5.41) is 4.28. The molecule has 0 aliphatic carbocycles. The SMILES string of the molecule is COC(=O)C[NH+]1[C@H](c2ccccc2)c2cc(Br)ccc2N[C@@H]1c1ccccc1Cl. The third-order valence-corrected chi connectivity index (χ3v) is 6.13. The van der Waals surface area contributed by atoms with Gasteiger partial charge in [-0.3, -0.25) is 4.90 Å². The fourth-order valence-corrected chi connectivity index (χ4v) is 4.61. The Hall–Kier alpha value is -2.34. The highest BCUT2D eigenvalue weighted by atomic mass is 79.9. The molecule has 0 fully saturated rings. The molecule has 0 amide bonds. The highest BCUT2D eigenvalue weighted by molar-refractivity contribution is 9.10. The standard InChI is InChI=1S/C23H20BrClN2O2/c1-29-21(28)14-27-22(15-7-3-2-4-8-15)18-13-16(24)11-12-20(18)26-23(27)17-9-5-6-10-19(17)25/h2-13,22-23,26H,14H2,1H3/p+1/t22-,23+/m1/s1.